The van der Waals surface area contributed by atoms with Gasteiger partial charge < -0.3 is 20.5 Å². The zero-order chi connectivity index (χ0) is 15.3. The summed E-state index contributed by atoms with van der Waals surface area (Å²) in [7, 11) is 0. The van der Waals surface area contributed by atoms with Gasteiger partial charge in [0.05, 0.1) is 25.2 Å². The average Bonchev–Trinajstić information content (AvgIpc) is 2.85. The molecule has 1 rings (SSSR count). The van der Waals surface area contributed by atoms with Gasteiger partial charge in [-0.25, -0.2) is 0 Å². The van der Waals surface area contributed by atoms with Crippen molar-refractivity contribution in [1.29, 1.82) is 0 Å². The van der Waals surface area contributed by atoms with Gasteiger partial charge in [0, 0.05) is 13.1 Å². The van der Waals surface area contributed by atoms with Crippen molar-refractivity contribution in [2.45, 2.75) is 33.2 Å². The van der Waals surface area contributed by atoms with E-state index in [1.54, 1.807) is 4.90 Å². The second-order valence-electron chi connectivity index (χ2n) is 5.67. The molecule has 0 bridgehead atoms. The van der Waals surface area contributed by atoms with Crippen molar-refractivity contribution in [3.63, 3.8) is 0 Å². The van der Waals surface area contributed by atoms with Crippen LogP contribution in [-0.2, 0) is 14.3 Å². The van der Waals surface area contributed by atoms with Crippen LogP contribution in [0.4, 0.5) is 0 Å². The van der Waals surface area contributed by atoms with E-state index in [4.69, 9.17) is 10.5 Å². The topological polar surface area (TPSA) is 92.9 Å². The number of nitrogens with zero attached hydrogens (tertiary/aromatic N) is 1. The third-order valence-corrected chi connectivity index (χ3v) is 3.89. The van der Waals surface area contributed by atoms with Crippen LogP contribution >= 0.6 is 0 Å². The SMILES string of the molecule is CCCN(C(=O)C(CN)C(C)C)C1COCC1C(=O)O. The van der Waals surface area contributed by atoms with Crippen LogP contribution in [0.15, 0.2) is 0 Å². The second-order valence-corrected chi connectivity index (χ2v) is 5.67. The molecule has 1 aliphatic rings. The molecule has 3 N–H and O–H groups in total. The van der Waals surface area contributed by atoms with Crippen LogP contribution in [0.1, 0.15) is 27.2 Å². The van der Waals surface area contributed by atoms with E-state index in [0.717, 1.165) is 6.42 Å². The molecule has 0 aliphatic carbocycles. The van der Waals surface area contributed by atoms with Crippen molar-refractivity contribution in [3.8, 4) is 0 Å². The van der Waals surface area contributed by atoms with Crippen molar-refractivity contribution < 1.29 is 19.4 Å². The summed E-state index contributed by atoms with van der Waals surface area (Å²) < 4.78 is 5.28. The van der Waals surface area contributed by atoms with Gasteiger partial charge in [0.25, 0.3) is 0 Å². The highest BCUT2D eigenvalue weighted by molar-refractivity contribution is 5.81. The Hall–Kier alpha value is -1.14. The van der Waals surface area contributed by atoms with Crippen LogP contribution in [0, 0.1) is 17.8 Å². The molecule has 1 amide bonds. The van der Waals surface area contributed by atoms with E-state index in [1.165, 1.54) is 0 Å². The van der Waals surface area contributed by atoms with Crippen molar-refractivity contribution in [1.82, 2.24) is 4.90 Å². The van der Waals surface area contributed by atoms with Crippen LogP contribution in [0.3, 0.4) is 0 Å². The number of carbonyl (C=O) groups is 2. The molecule has 3 atom stereocenters. The van der Waals surface area contributed by atoms with Gasteiger partial charge in [-0.1, -0.05) is 20.8 Å². The number of carboxylic acid groups (broad SMARTS) is 1. The summed E-state index contributed by atoms with van der Waals surface area (Å²) in [6, 6.07) is -0.382. The minimum absolute atomic E-state index is 0.0499. The molecule has 1 fully saturated rings. The first-order chi connectivity index (χ1) is 9.43. The molecule has 1 saturated heterocycles. The van der Waals surface area contributed by atoms with Gasteiger partial charge in [0.2, 0.25) is 5.91 Å². The van der Waals surface area contributed by atoms with Gasteiger partial charge in [0.15, 0.2) is 0 Å². The zero-order valence-electron chi connectivity index (χ0n) is 12.5. The number of rotatable bonds is 7. The van der Waals surface area contributed by atoms with E-state index in [1.807, 2.05) is 20.8 Å². The maximum Gasteiger partial charge on any atom is 0.311 e. The summed E-state index contributed by atoms with van der Waals surface area (Å²) >= 11 is 0. The fraction of sp³-hybridized carbons (Fsp3) is 0.857. The maximum atomic E-state index is 12.7. The smallest absolute Gasteiger partial charge is 0.311 e. The standard InChI is InChI=1S/C14H26N2O4/c1-4-5-16(13(17)10(6-15)9(2)3)12-8-20-7-11(12)14(18)19/h9-12H,4-8,15H2,1-3H3,(H,18,19). The summed E-state index contributed by atoms with van der Waals surface area (Å²) in [5, 5.41) is 9.24. The van der Waals surface area contributed by atoms with Crippen molar-refractivity contribution in [2.24, 2.45) is 23.5 Å². The monoisotopic (exact) mass is 286 g/mol. The second kappa shape index (κ2) is 7.59. The highest BCUT2D eigenvalue weighted by Gasteiger charge is 2.41. The lowest BCUT2D eigenvalue weighted by atomic mass is 9.92. The molecule has 1 aliphatic heterocycles. The number of ether oxygens (including phenoxy) is 1. The number of aliphatic carboxylic acids is 1. The molecule has 6 heteroatoms. The van der Waals surface area contributed by atoms with Gasteiger partial charge in [-0.3, -0.25) is 9.59 Å². The quantitative estimate of drug-likeness (QED) is 0.713. The lowest BCUT2D eigenvalue weighted by molar-refractivity contribution is -0.146. The van der Waals surface area contributed by atoms with Gasteiger partial charge in [-0.2, -0.15) is 0 Å². The predicted octanol–water partition coefficient (Wildman–Crippen LogP) is 0.556. The largest absolute Gasteiger partial charge is 0.481 e. The molecular formula is C14H26N2O4. The average molecular weight is 286 g/mol. The van der Waals surface area contributed by atoms with Crippen LogP contribution < -0.4 is 5.73 Å². The van der Waals surface area contributed by atoms with E-state index in [2.05, 4.69) is 0 Å². The first kappa shape index (κ1) is 16.9. The number of carbonyl (C=O) groups excluding carboxylic acids is 1. The molecule has 0 aromatic rings. The predicted molar refractivity (Wildman–Crippen MR) is 75.1 cm³/mol. The third kappa shape index (κ3) is 3.70. The summed E-state index contributed by atoms with van der Waals surface area (Å²) in [5.74, 6) is -1.73. The fourth-order valence-corrected chi connectivity index (χ4v) is 2.64. The number of carboxylic acids is 1. The van der Waals surface area contributed by atoms with Crippen LogP contribution in [0.2, 0.25) is 0 Å². The Morgan fingerprint density at radius 1 is 1.40 bits per heavy atom. The molecular weight excluding hydrogens is 260 g/mol. The third-order valence-electron chi connectivity index (χ3n) is 3.89. The normalized spacial score (nSPS) is 23.9. The number of nitrogens with two attached hydrogens (primary N) is 1. The Kier molecular flexibility index (Phi) is 6.42. The van der Waals surface area contributed by atoms with E-state index >= 15 is 0 Å². The van der Waals surface area contributed by atoms with Crippen LogP contribution in [-0.4, -0.2) is 54.2 Å². The molecule has 0 radical (unpaired) electrons. The highest BCUT2D eigenvalue weighted by Crippen LogP contribution is 2.24. The first-order valence-corrected chi connectivity index (χ1v) is 7.25. The maximum absolute atomic E-state index is 12.7. The summed E-state index contributed by atoms with van der Waals surface area (Å²) in [6.45, 7) is 7.17. The van der Waals surface area contributed by atoms with E-state index in [0.29, 0.717) is 6.54 Å². The summed E-state index contributed by atoms with van der Waals surface area (Å²) in [6.07, 6.45) is 0.782. The molecule has 3 unspecified atom stereocenters. The van der Waals surface area contributed by atoms with Gasteiger partial charge >= 0.3 is 5.97 Å². The van der Waals surface area contributed by atoms with Gasteiger partial charge in [-0.05, 0) is 12.3 Å². The van der Waals surface area contributed by atoms with E-state index in [9.17, 15) is 14.7 Å². The molecule has 1 heterocycles. The van der Waals surface area contributed by atoms with Gasteiger partial charge in [-0.15, -0.1) is 0 Å². The van der Waals surface area contributed by atoms with Gasteiger partial charge in [0.1, 0.15) is 5.92 Å². The molecule has 20 heavy (non-hydrogen) atoms. The van der Waals surface area contributed by atoms with E-state index in [-0.39, 0.29) is 43.5 Å². The highest BCUT2D eigenvalue weighted by atomic mass is 16.5. The minimum Gasteiger partial charge on any atom is -0.481 e. The number of hydrogen-bond donors (Lipinski definition) is 2. The van der Waals surface area contributed by atoms with Crippen LogP contribution in [0.5, 0.6) is 0 Å². The Labute approximate surface area is 120 Å². The van der Waals surface area contributed by atoms with Crippen molar-refractivity contribution in [3.05, 3.63) is 0 Å². The minimum atomic E-state index is -0.907. The van der Waals surface area contributed by atoms with Crippen molar-refractivity contribution in [2.75, 3.05) is 26.3 Å². The van der Waals surface area contributed by atoms with Crippen LogP contribution in [0.25, 0.3) is 0 Å². The molecule has 0 aromatic heterocycles. The van der Waals surface area contributed by atoms with Crippen molar-refractivity contribution >= 4 is 11.9 Å². The number of hydrogen-bond acceptors (Lipinski definition) is 4. The molecule has 116 valence electrons. The Balaban J connectivity index is 2.92. The zero-order valence-corrected chi connectivity index (χ0v) is 12.5. The van der Waals surface area contributed by atoms with E-state index < -0.39 is 11.9 Å². The molecule has 6 nitrogen and oxygen atoms in total. The lowest BCUT2D eigenvalue weighted by Crippen LogP contribution is -2.51. The molecule has 0 aromatic carbocycles. The lowest BCUT2D eigenvalue weighted by Gasteiger charge is -2.34. The Morgan fingerprint density at radius 3 is 2.50 bits per heavy atom. The number of amides is 1. The summed E-state index contributed by atoms with van der Waals surface area (Å²) in [5.41, 5.74) is 5.71. The summed E-state index contributed by atoms with van der Waals surface area (Å²) in [4.78, 5) is 25.6. The molecule has 0 saturated carbocycles. The molecule has 0 spiro atoms. The Bertz CT molecular complexity index is 346. The first-order valence-electron chi connectivity index (χ1n) is 7.25. The Morgan fingerprint density at radius 2 is 2.05 bits per heavy atom. The fourth-order valence-electron chi connectivity index (χ4n) is 2.64.